The van der Waals surface area contributed by atoms with Gasteiger partial charge < -0.3 is 10.1 Å². The summed E-state index contributed by atoms with van der Waals surface area (Å²) < 4.78 is 4.83. The number of nitrogens with one attached hydrogen (secondary N) is 1. The molecule has 1 amide bonds. The average Bonchev–Trinajstić information content (AvgIpc) is 2.15. The Morgan fingerprint density at radius 2 is 2.31 bits per heavy atom. The molecule has 0 fully saturated rings. The second-order valence-electron chi connectivity index (χ2n) is 2.48. The van der Waals surface area contributed by atoms with Gasteiger partial charge in [-0.15, -0.1) is 5.10 Å². The minimum absolute atomic E-state index is 0.0855. The molecule has 0 aliphatic heterocycles. The maximum absolute atomic E-state index is 10.6. The lowest BCUT2D eigenvalue weighted by atomic mass is 10.4. The Kier molecular flexibility index (Phi) is 3.19. The molecule has 1 aromatic heterocycles. The molecule has 0 aliphatic carbocycles. The Morgan fingerprint density at radius 3 is 2.77 bits per heavy atom. The molecule has 5 nitrogen and oxygen atoms in total. The first kappa shape index (κ1) is 9.44. The summed E-state index contributed by atoms with van der Waals surface area (Å²) in [5.74, 6) is 0.379. The van der Waals surface area contributed by atoms with E-state index in [0.717, 1.165) is 0 Å². The molecule has 0 aromatic carbocycles. The molecule has 0 radical (unpaired) electrons. The summed E-state index contributed by atoms with van der Waals surface area (Å²) in [7, 11) is 1.53. The van der Waals surface area contributed by atoms with Crippen molar-refractivity contribution in [2.24, 2.45) is 0 Å². The van der Waals surface area contributed by atoms with Gasteiger partial charge in [-0.3, -0.25) is 4.79 Å². The summed E-state index contributed by atoms with van der Waals surface area (Å²) in [6.07, 6.45) is 0. The highest BCUT2D eigenvalue weighted by Crippen LogP contribution is 2.02. The second-order valence-corrected chi connectivity index (χ2v) is 2.48. The third-order valence-corrected chi connectivity index (χ3v) is 1.42. The lowest BCUT2D eigenvalue weighted by Gasteiger charge is -2.01. The van der Waals surface area contributed by atoms with Crippen molar-refractivity contribution in [1.29, 1.82) is 0 Å². The molecule has 0 saturated heterocycles. The fourth-order valence-corrected chi connectivity index (χ4v) is 0.766. The lowest BCUT2D eigenvalue weighted by molar-refractivity contribution is -0.119. The first-order valence-corrected chi connectivity index (χ1v) is 3.83. The third-order valence-electron chi connectivity index (χ3n) is 1.42. The van der Waals surface area contributed by atoms with E-state index in [-0.39, 0.29) is 5.91 Å². The van der Waals surface area contributed by atoms with Crippen LogP contribution < -0.4 is 10.1 Å². The highest BCUT2D eigenvalue weighted by atomic mass is 16.5. The molecule has 5 heteroatoms. The molecule has 0 atom stereocenters. The minimum Gasteiger partial charge on any atom is -0.480 e. The van der Waals surface area contributed by atoms with Gasteiger partial charge in [0.05, 0.1) is 19.3 Å². The molecule has 1 rings (SSSR count). The first-order valence-electron chi connectivity index (χ1n) is 3.83. The largest absolute Gasteiger partial charge is 0.480 e. The van der Waals surface area contributed by atoms with E-state index in [1.807, 2.05) is 0 Å². The van der Waals surface area contributed by atoms with Gasteiger partial charge in [0, 0.05) is 13.0 Å². The zero-order valence-electron chi connectivity index (χ0n) is 7.57. The smallest absolute Gasteiger partial charge is 0.233 e. The van der Waals surface area contributed by atoms with Crippen LogP contribution in [0.2, 0.25) is 0 Å². The lowest BCUT2D eigenvalue weighted by Crippen LogP contribution is -2.19. The van der Waals surface area contributed by atoms with Crippen molar-refractivity contribution in [2.45, 2.75) is 13.5 Å². The van der Waals surface area contributed by atoms with Crippen molar-refractivity contribution in [3.05, 3.63) is 17.8 Å². The molecular formula is C8H11N3O2. The topological polar surface area (TPSA) is 64.1 Å². The van der Waals surface area contributed by atoms with Crippen LogP contribution in [0.15, 0.2) is 12.1 Å². The number of carbonyl (C=O) groups is 1. The van der Waals surface area contributed by atoms with Crippen LogP contribution in [0.25, 0.3) is 0 Å². The number of methoxy groups -OCH3 is 1. The molecule has 0 unspecified atom stereocenters. The number of nitrogens with zero attached hydrogens (tertiary/aromatic N) is 2. The van der Waals surface area contributed by atoms with Gasteiger partial charge in [-0.25, -0.2) is 0 Å². The molecule has 0 bridgehead atoms. The number of aromatic nitrogens is 2. The molecule has 1 aromatic rings. The van der Waals surface area contributed by atoms with Crippen LogP contribution in [0.3, 0.4) is 0 Å². The second kappa shape index (κ2) is 4.39. The number of amides is 1. The predicted molar refractivity (Wildman–Crippen MR) is 46.1 cm³/mol. The summed E-state index contributed by atoms with van der Waals surface area (Å²) >= 11 is 0. The van der Waals surface area contributed by atoms with Crippen molar-refractivity contribution in [3.63, 3.8) is 0 Å². The van der Waals surface area contributed by atoms with Crippen LogP contribution in [0, 0.1) is 0 Å². The van der Waals surface area contributed by atoms with Crippen molar-refractivity contribution in [2.75, 3.05) is 7.11 Å². The third kappa shape index (κ3) is 3.06. The Bertz CT molecular complexity index is 284. The number of hydrogen-bond donors (Lipinski definition) is 1. The monoisotopic (exact) mass is 181 g/mol. The fourth-order valence-electron chi connectivity index (χ4n) is 0.766. The average molecular weight is 181 g/mol. The zero-order chi connectivity index (χ0) is 9.68. The summed E-state index contributed by atoms with van der Waals surface area (Å²) in [5, 5.41) is 10.2. The van der Waals surface area contributed by atoms with Gasteiger partial charge in [-0.2, -0.15) is 5.10 Å². The van der Waals surface area contributed by atoms with Gasteiger partial charge in [0.15, 0.2) is 0 Å². The molecule has 1 heterocycles. The molecule has 0 saturated carbocycles. The quantitative estimate of drug-likeness (QED) is 0.719. The van der Waals surface area contributed by atoms with Gasteiger partial charge >= 0.3 is 0 Å². The number of hydrogen-bond acceptors (Lipinski definition) is 4. The maximum atomic E-state index is 10.6. The van der Waals surface area contributed by atoms with Gasteiger partial charge in [0.25, 0.3) is 0 Å². The van der Waals surface area contributed by atoms with Crippen LogP contribution in [0.4, 0.5) is 0 Å². The normalized spacial score (nSPS) is 9.38. The van der Waals surface area contributed by atoms with Crippen molar-refractivity contribution < 1.29 is 9.53 Å². The van der Waals surface area contributed by atoms with E-state index in [9.17, 15) is 4.79 Å². The minimum atomic E-state index is -0.0855. The van der Waals surface area contributed by atoms with Crippen LogP contribution in [0.1, 0.15) is 12.6 Å². The molecule has 0 aliphatic rings. The molecular weight excluding hydrogens is 170 g/mol. The van der Waals surface area contributed by atoms with Crippen molar-refractivity contribution >= 4 is 5.91 Å². The first-order chi connectivity index (χ1) is 6.22. The van der Waals surface area contributed by atoms with Gasteiger partial charge in [0.1, 0.15) is 0 Å². The van der Waals surface area contributed by atoms with Crippen molar-refractivity contribution in [3.8, 4) is 5.88 Å². The van der Waals surface area contributed by atoms with Crippen molar-refractivity contribution in [1.82, 2.24) is 15.5 Å². The van der Waals surface area contributed by atoms with E-state index in [2.05, 4.69) is 15.5 Å². The van der Waals surface area contributed by atoms with Gasteiger partial charge in [0.2, 0.25) is 11.8 Å². The van der Waals surface area contributed by atoms with Crippen LogP contribution in [-0.4, -0.2) is 23.2 Å². The van der Waals surface area contributed by atoms with Gasteiger partial charge in [-0.05, 0) is 6.07 Å². The van der Waals surface area contributed by atoms with Crippen LogP contribution >= 0.6 is 0 Å². The summed E-state index contributed by atoms with van der Waals surface area (Å²) in [4.78, 5) is 10.6. The zero-order valence-corrected chi connectivity index (χ0v) is 7.57. The Balaban J connectivity index is 2.54. The molecule has 70 valence electrons. The Hall–Kier alpha value is -1.65. The van der Waals surface area contributed by atoms with E-state index < -0.39 is 0 Å². The van der Waals surface area contributed by atoms with E-state index in [0.29, 0.717) is 18.1 Å². The van der Waals surface area contributed by atoms with Crippen LogP contribution in [-0.2, 0) is 11.3 Å². The number of ether oxygens (including phenoxy) is 1. The molecule has 13 heavy (non-hydrogen) atoms. The van der Waals surface area contributed by atoms with E-state index >= 15 is 0 Å². The Morgan fingerprint density at radius 1 is 1.54 bits per heavy atom. The van der Waals surface area contributed by atoms with Crippen LogP contribution in [0.5, 0.6) is 5.88 Å². The highest BCUT2D eigenvalue weighted by molar-refractivity contribution is 5.72. The maximum Gasteiger partial charge on any atom is 0.233 e. The molecule has 0 spiro atoms. The standard InChI is InChI=1S/C8H11N3O2/c1-6(12)9-5-7-3-4-8(13-2)11-10-7/h3-4H,5H2,1-2H3,(H,9,12). The van der Waals surface area contributed by atoms with Gasteiger partial charge in [-0.1, -0.05) is 0 Å². The number of carbonyl (C=O) groups excluding carboxylic acids is 1. The summed E-state index contributed by atoms with van der Waals surface area (Å²) in [5.41, 5.74) is 0.705. The Labute approximate surface area is 76.1 Å². The summed E-state index contributed by atoms with van der Waals surface area (Å²) in [6, 6.07) is 3.45. The predicted octanol–water partition coefficient (Wildman–Crippen LogP) is 0.121. The van der Waals surface area contributed by atoms with E-state index in [1.165, 1.54) is 14.0 Å². The fraction of sp³-hybridized carbons (Fsp3) is 0.375. The SMILES string of the molecule is COc1ccc(CNC(C)=O)nn1. The van der Waals surface area contributed by atoms with E-state index in [1.54, 1.807) is 12.1 Å². The highest BCUT2D eigenvalue weighted by Gasteiger charge is 1.97. The van der Waals surface area contributed by atoms with E-state index in [4.69, 9.17) is 4.74 Å². The summed E-state index contributed by atoms with van der Waals surface area (Å²) in [6.45, 7) is 1.85. The molecule has 1 N–H and O–H groups in total. The number of rotatable bonds is 3.